The molecular formula is C9H19NS. The van der Waals surface area contributed by atoms with E-state index in [1.165, 1.54) is 43.9 Å². The van der Waals surface area contributed by atoms with Crippen LogP contribution in [0.2, 0.25) is 0 Å². The molecule has 1 rings (SSSR count). The first-order valence-corrected chi connectivity index (χ1v) is 5.87. The molecule has 1 unspecified atom stereocenters. The van der Waals surface area contributed by atoms with Gasteiger partial charge in [0.15, 0.2) is 0 Å². The zero-order valence-electron chi connectivity index (χ0n) is 7.44. The summed E-state index contributed by atoms with van der Waals surface area (Å²) in [6.45, 7) is 4.76. The van der Waals surface area contributed by atoms with Gasteiger partial charge in [-0.05, 0) is 49.8 Å². The van der Waals surface area contributed by atoms with Gasteiger partial charge < -0.3 is 5.32 Å². The number of thioether (sulfide) groups is 1. The molecule has 1 atom stereocenters. The van der Waals surface area contributed by atoms with Crippen LogP contribution in [-0.2, 0) is 0 Å². The van der Waals surface area contributed by atoms with Gasteiger partial charge in [0.25, 0.3) is 0 Å². The molecule has 0 aromatic rings. The minimum atomic E-state index is 0.975. The highest BCUT2D eigenvalue weighted by Gasteiger charge is 2.11. The number of nitrogens with one attached hydrogen (secondary N) is 1. The lowest BCUT2D eigenvalue weighted by atomic mass is 9.97. The summed E-state index contributed by atoms with van der Waals surface area (Å²) in [6, 6.07) is 0. The molecule has 1 aliphatic heterocycles. The fourth-order valence-electron chi connectivity index (χ4n) is 1.56. The van der Waals surface area contributed by atoms with E-state index in [0.717, 1.165) is 5.92 Å². The van der Waals surface area contributed by atoms with Crippen molar-refractivity contribution in [3.63, 3.8) is 0 Å². The van der Waals surface area contributed by atoms with Crippen molar-refractivity contribution < 1.29 is 0 Å². The molecule has 1 aliphatic rings. The maximum atomic E-state index is 3.45. The van der Waals surface area contributed by atoms with E-state index in [1.54, 1.807) is 0 Å². The molecule has 1 fully saturated rings. The SMILES string of the molecule is CCSCCC1CCCNC1. The van der Waals surface area contributed by atoms with Crippen LogP contribution in [0.3, 0.4) is 0 Å². The lowest BCUT2D eigenvalue weighted by molar-refractivity contribution is 0.371. The summed E-state index contributed by atoms with van der Waals surface area (Å²) in [6.07, 6.45) is 4.27. The number of hydrogen-bond acceptors (Lipinski definition) is 2. The van der Waals surface area contributed by atoms with Crippen LogP contribution < -0.4 is 5.32 Å². The van der Waals surface area contributed by atoms with E-state index in [2.05, 4.69) is 24.0 Å². The summed E-state index contributed by atoms with van der Waals surface area (Å²) < 4.78 is 0. The maximum Gasteiger partial charge on any atom is -0.00202 e. The first-order chi connectivity index (χ1) is 5.43. The van der Waals surface area contributed by atoms with Gasteiger partial charge in [-0.15, -0.1) is 0 Å². The third-order valence-electron chi connectivity index (χ3n) is 2.27. The third-order valence-corrected chi connectivity index (χ3v) is 3.21. The summed E-state index contributed by atoms with van der Waals surface area (Å²) in [5.74, 6) is 3.62. The largest absolute Gasteiger partial charge is 0.316 e. The van der Waals surface area contributed by atoms with Gasteiger partial charge in [-0.2, -0.15) is 11.8 Å². The van der Waals surface area contributed by atoms with Crippen molar-refractivity contribution in [1.82, 2.24) is 5.32 Å². The Kier molecular flexibility index (Phi) is 5.04. The van der Waals surface area contributed by atoms with Gasteiger partial charge in [0.1, 0.15) is 0 Å². The topological polar surface area (TPSA) is 12.0 Å². The highest BCUT2D eigenvalue weighted by Crippen LogP contribution is 2.16. The monoisotopic (exact) mass is 173 g/mol. The average molecular weight is 173 g/mol. The van der Waals surface area contributed by atoms with Gasteiger partial charge in [0.2, 0.25) is 0 Å². The maximum absolute atomic E-state index is 3.45. The highest BCUT2D eigenvalue weighted by atomic mass is 32.2. The predicted octanol–water partition coefficient (Wildman–Crippen LogP) is 2.13. The number of hydrogen-bond donors (Lipinski definition) is 1. The minimum Gasteiger partial charge on any atom is -0.316 e. The Labute approximate surface area is 74.3 Å². The Morgan fingerprint density at radius 3 is 3.09 bits per heavy atom. The zero-order chi connectivity index (χ0) is 7.94. The lowest BCUT2D eigenvalue weighted by Crippen LogP contribution is -2.29. The quantitative estimate of drug-likeness (QED) is 0.654. The second kappa shape index (κ2) is 5.90. The second-order valence-electron chi connectivity index (χ2n) is 3.20. The second-order valence-corrected chi connectivity index (χ2v) is 4.59. The van der Waals surface area contributed by atoms with Crippen LogP contribution in [0.4, 0.5) is 0 Å². The van der Waals surface area contributed by atoms with E-state index >= 15 is 0 Å². The zero-order valence-corrected chi connectivity index (χ0v) is 8.25. The molecule has 2 heteroatoms. The average Bonchev–Trinajstić information content (AvgIpc) is 2.07. The normalized spacial score (nSPS) is 25.4. The molecule has 0 radical (unpaired) electrons. The van der Waals surface area contributed by atoms with Gasteiger partial charge in [0.05, 0.1) is 0 Å². The smallest absolute Gasteiger partial charge is 0.00202 e. The van der Waals surface area contributed by atoms with Gasteiger partial charge in [-0.1, -0.05) is 6.92 Å². The van der Waals surface area contributed by atoms with Gasteiger partial charge in [-0.25, -0.2) is 0 Å². The molecule has 1 saturated heterocycles. The van der Waals surface area contributed by atoms with Crippen LogP contribution in [-0.4, -0.2) is 24.6 Å². The fraction of sp³-hybridized carbons (Fsp3) is 1.00. The Bertz CT molecular complexity index is 89.6. The molecule has 0 amide bonds. The van der Waals surface area contributed by atoms with Crippen molar-refractivity contribution in [3.8, 4) is 0 Å². The van der Waals surface area contributed by atoms with E-state index in [-0.39, 0.29) is 0 Å². The molecular weight excluding hydrogens is 154 g/mol. The van der Waals surface area contributed by atoms with E-state index in [4.69, 9.17) is 0 Å². The third kappa shape index (κ3) is 4.02. The van der Waals surface area contributed by atoms with Crippen molar-refractivity contribution in [1.29, 1.82) is 0 Å². The molecule has 0 aromatic heterocycles. The van der Waals surface area contributed by atoms with Crippen molar-refractivity contribution in [2.24, 2.45) is 5.92 Å². The van der Waals surface area contributed by atoms with Crippen LogP contribution in [0.5, 0.6) is 0 Å². The minimum absolute atomic E-state index is 0.975. The van der Waals surface area contributed by atoms with E-state index in [9.17, 15) is 0 Å². The summed E-state index contributed by atoms with van der Waals surface area (Å²) in [7, 11) is 0. The predicted molar refractivity (Wildman–Crippen MR) is 53.2 cm³/mol. The van der Waals surface area contributed by atoms with Crippen LogP contribution in [0.15, 0.2) is 0 Å². The van der Waals surface area contributed by atoms with E-state index in [1.807, 2.05) is 0 Å². The summed E-state index contributed by atoms with van der Waals surface area (Å²) >= 11 is 2.07. The Hall–Kier alpha value is 0.310. The fourth-order valence-corrected chi connectivity index (χ4v) is 2.35. The molecule has 1 N–H and O–H groups in total. The van der Waals surface area contributed by atoms with Gasteiger partial charge >= 0.3 is 0 Å². The van der Waals surface area contributed by atoms with Crippen molar-refractivity contribution in [2.75, 3.05) is 24.6 Å². The standard InChI is InChI=1S/C9H19NS/c1-2-11-7-5-9-4-3-6-10-8-9/h9-10H,2-8H2,1H3. The van der Waals surface area contributed by atoms with Crippen molar-refractivity contribution in [3.05, 3.63) is 0 Å². The van der Waals surface area contributed by atoms with Crippen LogP contribution >= 0.6 is 11.8 Å². The van der Waals surface area contributed by atoms with E-state index < -0.39 is 0 Å². The first-order valence-electron chi connectivity index (χ1n) is 4.72. The summed E-state index contributed by atoms with van der Waals surface area (Å²) in [5.41, 5.74) is 0. The summed E-state index contributed by atoms with van der Waals surface area (Å²) in [4.78, 5) is 0. The van der Waals surface area contributed by atoms with Crippen LogP contribution in [0, 0.1) is 5.92 Å². The molecule has 11 heavy (non-hydrogen) atoms. The molecule has 1 heterocycles. The first kappa shape index (κ1) is 9.40. The number of piperidine rings is 1. The Balaban J connectivity index is 1.96. The van der Waals surface area contributed by atoms with Gasteiger partial charge in [0, 0.05) is 0 Å². The molecule has 0 aliphatic carbocycles. The summed E-state index contributed by atoms with van der Waals surface area (Å²) in [5, 5.41) is 3.45. The highest BCUT2D eigenvalue weighted by molar-refractivity contribution is 7.99. The molecule has 1 nitrogen and oxygen atoms in total. The van der Waals surface area contributed by atoms with Crippen LogP contribution in [0.1, 0.15) is 26.2 Å². The van der Waals surface area contributed by atoms with Crippen molar-refractivity contribution in [2.45, 2.75) is 26.2 Å². The molecule has 0 saturated carbocycles. The molecule has 66 valence electrons. The van der Waals surface area contributed by atoms with Crippen LogP contribution in [0.25, 0.3) is 0 Å². The van der Waals surface area contributed by atoms with Gasteiger partial charge in [-0.3, -0.25) is 0 Å². The molecule has 0 spiro atoms. The lowest BCUT2D eigenvalue weighted by Gasteiger charge is -2.22. The number of rotatable bonds is 4. The van der Waals surface area contributed by atoms with E-state index in [0.29, 0.717) is 0 Å². The molecule has 0 bridgehead atoms. The Morgan fingerprint density at radius 2 is 2.45 bits per heavy atom. The Morgan fingerprint density at radius 1 is 1.55 bits per heavy atom. The molecule has 0 aromatic carbocycles. The van der Waals surface area contributed by atoms with Crippen molar-refractivity contribution >= 4 is 11.8 Å².